The standard InChI is InChI=1S/C12H17N/c1-8(2)11-7-9(3)6-10(4)12(11)13-5/h6-7,13H,1H2,2-5H3. The summed E-state index contributed by atoms with van der Waals surface area (Å²) in [6.07, 6.45) is 0. The summed E-state index contributed by atoms with van der Waals surface area (Å²) in [6, 6.07) is 4.35. The lowest BCUT2D eigenvalue weighted by Gasteiger charge is -2.13. The molecular formula is C12H17N. The van der Waals surface area contributed by atoms with Crippen molar-refractivity contribution in [2.24, 2.45) is 0 Å². The summed E-state index contributed by atoms with van der Waals surface area (Å²) in [5, 5.41) is 3.21. The minimum Gasteiger partial charge on any atom is -0.387 e. The van der Waals surface area contributed by atoms with Gasteiger partial charge in [-0.1, -0.05) is 18.2 Å². The zero-order valence-corrected chi connectivity index (χ0v) is 8.86. The third-order valence-electron chi connectivity index (χ3n) is 2.19. The van der Waals surface area contributed by atoms with E-state index in [1.165, 1.54) is 22.4 Å². The maximum Gasteiger partial charge on any atom is 0.0443 e. The molecule has 0 bridgehead atoms. The van der Waals surface area contributed by atoms with E-state index in [0.717, 1.165) is 5.57 Å². The van der Waals surface area contributed by atoms with Crippen LogP contribution in [-0.2, 0) is 0 Å². The Kier molecular flexibility index (Phi) is 2.76. The summed E-state index contributed by atoms with van der Waals surface area (Å²) < 4.78 is 0. The van der Waals surface area contributed by atoms with Gasteiger partial charge in [0.05, 0.1) is 0 Å². The predicted molar refractivity (Wildman–Crippen MR) is 60.2 cm³/mol. The monoisotopic (exact) mass is 175 g/mol. The summed E-state index contributed by atoms with van der Waals surface area (Å²) in [5.74, 6) is 0. The van der Waals surface area contributed by atoms with Crippen molar-refractivity contribution in [3.8, 4) is 0 Å². The van der Waals surface area contributed by atoms with Gasteiger partial charge in [-0.25, -0.2) is 0 Å². The molecule has 0 heterocycles. The van der Waals surface area contributed by atoms with E-state index in [0.29, 0.717) is 0 Å². The molecule has 0 atom stereocenters. The van der Waals surface area contributed by atoms with Crippen LogP contribution < -0.4 is 5.32 Å². The van der Waals surface area contributed by atoms with E-state index < -0.39 is 0 Å². The van der Waals surface area contributed by atoms with Crippen molar-refractivity contribution in [2.45, 2.75) is 20.8 Å². The molecular weight excluding hydrogens is 158 g/mol. The smallest absolute Gasteiger partial charge is 0.0443 e. The Morgan fingerprint density at radius 1 is 1.31 bits per heavy atom. The SMILES string of the molecule is C=C(C)c1cc(C)cc(C)c1NC. The first kappa shape index (κ1) is 9.85. The van der Waals surface area contributed by atoms with E-state index in [1.807, 2.05) is 14.0 Å². The van der Waals surface area contributed by atoms with Gasteiger partial charge in [-0.05, 0) is 38.0 Å². The van der Waals surface area contributed by atoms with Gasteiger partial charge < -0.3 is 5.32 Å². The minimum atomic E-state index is 1.11. The van der Waals surface area contributed by atoms with Crippen molar-refractivity contribution in [1.82, 2.24) is 0 Å². The first-order valence-electron chi connectivity index (χ1n) is 4.51. The molecule has 0 spiro atoms. The third-order valence-corrected chi connectivity index (χ3v) is 2.19. The molecule has 1 aromatic rings. The maximum atomic E-state index is 3.98. The summed E-state index contributed by atoms with van der Waals surface area (Å²) in [6.45, 7) is 10.2. The quantitative estimate of drug-likeness (QED) is 0.726. The molecule has 0 fully saturated rings. The fraction of sp³-hybridized carbons (Fsp3) is 0.333. The second-order valence-electron chi connectivity index (χ2n) is 3.53. The molecule has 0 aromatic heterocycles. The average molecular weight is 175 g/mol. The van der Waals surface area contributed by atoms with Crippen LogP contribution in [0.1, 0.15) is 23.6 Å². The van der Waals surface area contributed by atoms with Crippen LogP contribution in [0.5, 0.6) is 0 Å². The van der Waals surface area contributed by atoms with Gasteiger partial charge in [-0.2, -0.15) is 0 Å². The molecule has 0 unspecified atom stereocenters. The molecule has 70 valence electrons. The van der Waals surface area contributed by atoms with Gasteiger partial charge in [0, 0.05) is 18.3 Å². The van der Waals surface area contributed by atoms with Crippen LogP contribution in [0.15, 0.2) is 18.7 Å². The first-order chi connectivity index (χ1) is 6.06. The largest absolute Gasteiger partial charge is 0.387 e. The van der Waals surface area contributed by atoms with Gasteiger partial charge >= 0.3 is 0 Å². The summed E-state index contributed by atoms with van der Waals surface area (Å²) in [4.78, 5) is 0. The van der Waals surface area contributed by atoms with Crippen molar-refractivity contribution in [3.05, 3.63) is 35.4 Å². The Hall–Kier alpha value is -1.24. The van der Waals surface area contributed by atoms with Crippen molar-refractivity contribution < 1.29 is 0 Å². The van der Waals surface area contributed by atoms with Crippen molar-refractivity contribution in [2.75, 3.05) is 12.4 Å². The van der Waals surface area contributed by atoms with E-state index in [4.69, 9.17) is 0 Å². The highest BCUT2D eigenvalue weighted by atomic mass is 14.8. The minimum absolute atomic E-state index is 1.11. The Labute approximate surface area is 80.5 Å². The number of nitrogens with one attached hydrogen (secondary N) is 1. The number of rotatable bonds is 2. The highest BCUT2D eigenvalue weighted by Crippen LogP contribution is 2.27. The van der Waals surface area contributed by atoms with E-state index in [1.54, 1.807) is 0 Å². The van der Waals surface area contributed by atoms with Gasteiger partial charge in [-0.15, -0.1) is 0 Å². The maximum absolute atomic E-state index is 3.98. The molecule has 1 nitrogen and oxygen atoms in total. The Morgan fingerprint density at radius 2 is 1.92 bits per heavy atom. The average Bonchev–Trinajstić information content (AvgIpc) is 2.02. The van der Waals surface area contributed by atoms with E-state index in [2.05, 4.69) is 37.9 Å². The number of hydrogen-bond donors (Lipinski definition) is 1. The zero-order chi connectivity index (χ0) is 10.0. The van der Waals surface area contributed by atoms with Crippen LogP contribution in [0.4, 0.5) is 5.69 Å². The lowest BCUT2D eigenvalue weighted by atomic mass is 10.00. The van der Waals surface area contributed by atoms with E-state index in [9.17, 15) is 0 Å². The van der Waals surface area contributed by atoms with Gasteiger partial charge in [0.2, 0.25) is 0 Å². The lowest BCUT2D eigenvalue weighted by Crippen LogP contribution is -1.97. The Balaban J connectivity index is 3.38. The fourth-order valence-corrected chi connectivity index (χ4v) is 1.64. The lowest BCUT2D eigenvalue weighted by molar-refractivity contribution is 1.33. The summed E-state index contributed by atoms with van der Waals surface area (Å²) in [5.41, 5.74) is 6.09. The molecule has 1 rings (SSSR count). The molecule has 0 saturated heterocycles. The second-order valence-corrected chi connectivity index (χ2v) is 3.53. The van der Waals surface area contributed by atoms with Crippen LogP contribution in [0.3, 0.4) is 0 Å². The van der Waals surface area contributed by atoms with Crippen LogP contribution in [-0.4, -0.2) is 7.05 Å². The summed E-state index contributed by atoms with van der Waals surface area (Å²) >= 11 is 0. The molecule has 0 aliphatic rings. The molecule has 0 amide bonds. The fourth-order valence-electron chi connectivity index (χ4n) is 1.64. The molecule has 13 heavy (non-hydrogen) atoms. The zero-order valence-electron chi connectivity index (χ0n) is 8.86. The van der Waals surface area contributed by atoms with Crippen molar-refractivity contribution in [3.63, 3.8) is 0 Å². The molecule has 0 saturated carbocycles. The molecule has 0 radical (unpaired) electrons. The number of anilines is 1. The Morgan fingerprint density at radius 3 is 2.38 bits per heavy atom. The van der Waals surface area contributed by atoms with Crippen LogP contribution in [0, 0.1) is 13.8 Å². The van der Waals surface area contributed by atoms with Crippen LogP contribution in [0.2, 0.25) is 0 Å². The number of hydrogen-bond acceptors (Lipinski definition) is 1. The Bertz CT molecular complexity index is 337. The summed E-state index contributed by atoms with van der Waals surface area (Å²) in [7, 11) is 1.95. The number of benzene rings is 1. The van der Waals surface area contributed by atoms with Gasteiger partial charge in [0.1, 0.15) is 0 Å². The third kappa shape index (κ3) is 1.92. The molecule has 1 aromatic carbocycles. The van der Waals surface area contributed by atoms with Gasteiger partial charge in [-0.3, -0.25) is 0 Å². The highest BCUT2D eigenvalue weighted by Gasteiger charge is 2.05. The number of allylic oxidation sites excluding steroid dienone is 1. The van der Waals surface area contributed by atoms with E-state index >= 15 is 0 Å². The highest BCUT2D eigenvalue weighted by molar-refractivity contribution is 5.76. The molecule has 1 heteroatoms. The van der Waals surface area contributed by atoms with Crippen LogP contribution in [0.25, 0.3) is 5.57 Å². The number of aryl methyl sites for hydroxylation is 2. The van der Waals surface area contributed by atoms with Gasteiger partial charge in [0.15, 0.2) is 0 Å². The van der Waals surface area contributed by atoms with Gasteiger partial charge in [0.25, 0.3) is 0 Å². The first-order valence-corrected chi connectivity index (χ1v) is 4.51. The van der Waals surface area contributed by atoms with Crippen molar-refractivity contribution >= 4 is 11.3 Å². The van der Waals surface area contributed by atoms with Crippen molar-refractivity contribution in [1.29, 1.82) is 0 Å². The van der Waals surface area contributed by atoms with E-state index in [-0.39, 0.29) is 0 Å². The normalized spacial score (nSPS) is 9.85. The second kappa shape index (κ2) is 3.65. The molecule has 0 aliphatic heterocycles. The predicted octanol–water partition coefficient (Wildman–Crippen LogP) is 3.38. The van der Waals surface area contributed by atoms with Crippen LogP contribution >= 0.6 is 0 Å². The molecule has 1 N–H and O–H groups in total. The molecule has 0 aliphatic carbocycles. The topological polar surface area (TPSA) is 12.0 Å².